The predicted octanol–water partition coefficient (Wildman–Crippen LogP) is 0.979. The Morgan fingerprint density at radius 1 is 1.53 bits per heavy atom. The average molecular weight is 254 g/mol. The quantitative estimate of drug-likeness (QED) is 0.841. The van der Waals surface area contributed by atoms with Crippen LogP contribution in [0.2, 0.25) is 0 Å². The van der Waals surface area contributed by atoms with Crippen LogP contribution < -0.4 is 5.73 Å². The van der Waals surface area contributed by atoms with E-state index in [1.807, 2.05) is 21.7 Å². The van der Waals surface area contributed by atoms with Gasteiger partial charge in [-0.05, 0) is 35.2 Å². The number of carbonyl (C=O) groups is 1. The number of hydrogen-bond donors (Lipinski definition) is 2. The number of nitrogens with zero attached hydrogens (tertiary/aromatic N) is 1. The van der Waals surface area contributed by atoms with Gasteiger partial charge in [-0.25, -0.2) is 0 Å². The minimum atomic E-state index is -0.778. The third-order valence-electron chi connectivity index (χ3n) is 3.25. The molecule has 0 aliphatic carbocycles. The van der Waals surface area contributed by atoms with Crippen molar-refractivity contribution in [3.8, 4) is 0 Å². The first-order chi connectivity index (χ1) is 8.24. The van der Waals surface area contributed by atoms with Crippen molar-refractivity contribution in [1.29, 1.82) is 0 Å². The van der Waals surface area contributed by atoms with E-state index >= 15 is 0 Å². The average Bonchev–Trinajstić information content (AvgIpc) is 3.03. The van der Waals surface area contributed by atoms with E-state index in [4.69, 9.17) is 5.73 Å². The Morgan fingerprint density at radius 2 is 2.24 bits per heavy atom. The van der Waals surface area contributed by atoms with Crippen LogP contribution in [0.4, 0.5) is 0 Å². The van der Waals surface area contributed by atoms with Crippen LogP contribution in [0.1, 0.15) is 24.5 Å². The molecule has 2 rings (SSSR count). The van der Waals surface area contributed by atoms with Crippen LogP contribution in [0.25, 0.3) is 0 Å². The zero-order valence-electron chi connectivity index (χ0n) is 9.71. The Balaban J connectivity index is 2.07. The van der Waals surface area contributed by atoms with E-state index in [0.717, 1.165) is 31.5 Å². The molecule has 17 heavy (non-hydrogen) atoms. The van der Waals surface area contributed by atoms with Gasteiger partial charge >= 0.3 is 0 Å². The number of likely N-dealkylation sites (tertiary alicyclic amines) is 1. The minimum Gasteiger partial charge on any atom is -0.388 e. The molecule has 3 N–H and O–H groups in total. The lowest BCUT2D eigenvalue weighted by molar-refractivity contribution is -0.137. The molecule has 4 nitrogen and oxygen atoms in total. The van der Waals surface area contributed by atoms with Crippen LogP contribution in [0.3, 0.4) is 0 Å². The second kappa shape index (κ2) is 5.62. The molecule has 1 saturated heterocycles. The summed E-state index contributed by atoms with van der Waals surface area (Å²) in [7, 11) is 0. The van der Waals surface area contributed by atoms with Crippen LogP contribution in [0.15, 0.2) is 16.8 Å². The highest BCUT2D eigenvalue weighted by Crippen LogP contribution is 2.26. The topological polar surface area (TPSA) is 66.6 Å². The molecule has 1 aliphatic rings. The van der Waals surface area contributed by atoms with Gasteiger partial charge in [-0.1, -0.05) is 0 Å². The Morgan fingerprint density at radius 3 is 2.76 bits per heavy atom. The molecule has 0 radical (unpaired) electrons. The largest absolute Gasteiger partial charge is 0.388 e. The van der Waals surface area contributed by atoms with E-state index in [1.165, 1.54) is 11.3 Å². The first-order valence-electron chi connectivity index (χ1n) is 5.93. The van der Waals surface area contributed by atoms with E-state index in [1.54, 1.807) is 0 Å². The van der Waals surface area contributed by atoms with Gasteiger partial charge in [0, 0.05) is 19.6 Å². The number of carbonyl (C=O) groups excluding carboxylic acids is 1. The van der Waals surface area contributed by atoms with Gasteiger partial charge < -0.3 is 15.7 Å². The highest BCUT2D eigenvalue weighted by Gasteiger charge is 2.31. The maximum Gasteiger partial charge on any atom is 0.229 e. The summed E-state index contributed by atoms with van der Waals surface area (Å²) in [4.78, 5) is 14.0. The van der Waals surface area contributed by atoms with E-state index in [-0.39, 0.29) is 12.5 Å². The highest BCUT2D eigenvalue weighted by molar-refractivity contribution is 7.07. The summed E-state index contributed by atoms with van der Waals surface area (Å²) in [5.41, 5.74) is 6.43. The summed E-state index contributed by atoms with van der Waals surface area (Å²) in [6.45, 7) is 1.78. The third kappa shape index (κ3) is 2.68. The summed E-state index contributed by atoms with van der Waals surface area (Å²) in [5.74, 6) is -0.522. The molecule has 1 aliphatic heterocycles. The first kappa shape index (κ1) is 12.5. The van der Waals surface area contributed by atoms with Crippen LogP contribution in [0, 0.1) is 5.92 Å². The molecule has 1 aromatic rings. The normalized spacial score (nSPS) is 19.3. The summed E-state index contributed by atoms with van der Waals surface area (Å²) in [6, 6.07) is 1.84. The van der Waals surface area contributed by atoms with Crippen molar-refractivity contribution < 1.29 is 9.90 Å². The van der Waals surface area contributed by atoms with Crippen LogP contribution >= 0.6 is 11.3 Å². The monoisotopic (exact) mass is 254 g/mol. The van der Waals surface area contributed by atoms with Gasteiger partial charge in [-0.15, -0.1) is 0 Å². The van der Waals surface area contributed by atoms with Crippen molar-refractivity contribution >= 4 is 17.2 Å². The minimum absolute atomic E-state index is 0.0105. The number of nitrogens with two attached hydrogens (primary N) is 1. The molecule has 0 spiro atoms. The number of rotatable bonds is 4. The Hall–Kier alpha value is -0.910. The van der Waals surface area contributed by atoms with E-state index < -0.39 is 12.0 Å². The fourth-order valence-electron chi connectivity index (χ4n) is 2.21. The van der Waals surface area contributed by atoms with Gasteiger partial charge in [0.1, 0.15) is 0 Å². The number of amides is 1. The van der Waals surface area contributed by atoms with E-state index in [9.17, 15) is 9.90 Å². The molecule has 1 fully saturated rings. The van der Waals surface area contributed by atoms with E-state index in [0.29, 0.717) is 0 Å². The number of aliphatic hydroxyl groups is 1. The molecule has 2 heterocycles. The molecule has 0 aromatic carbocycles. The van der Waals surface area contributed by atoms with E-state index in [2.05, 4.69) is 0 Å². The summed E-state index contributed by atoms with van der Waals surface area (Å²) in [6.07, 6.45) is 1.33. The number of aliphatic hydroxyl groups excluding tert-OH is 1. The molecule has 2 unspecified atom stereocenters. The standard InChI is InChI=1S/C12H18N2O2S/c13-7-10(11(15)9-3-6-17-8-9)12(16)14-4-1-2-5-14/h3,6,8,10-11,15H,1-2,4-5,7,13H2. The van der Waals surface area contributed by atoms with Crippen molar-refractivity contribution in [3.05, 3.63) is 22.4 Å². The SMILES string of the molecule is NCC(C(=O)N1CCCC1)C(O)c1ccsc1. The van der Waals surface area contributed by atoms with Crippen molar-refractivity contribution in [3.63, 3.8) is 0 Å². The number of hydrogen-bond acceptors (Lipinski definition) is 4. The Kier molecular flexibility index (Phi) is 4.15. The molecule has 0 saturated carbocycles. The fourth-order valence-corrected chi connectivity index (χ4v) is 2.90. The lowest BCUT2D eigenvalue weighted by atomic mass is 9.96. The first-order valence-corrected chi connectivity index (χ1v) is 6.87. The van der Waals surface area contributed by atoms with Crippen LogP contribution in [-0.4, -0.2) is 35.5 Å². The second-order valence-electron chi connectivity index (χ2n) is 4.38. The molecule has 94 valence electrons. The van der Waals surface area contributed by atoms with Crippen LogP contribution in [-0.2, 0) is 4.79 Å². The van der Waals surface area contributed by atoms with Crippen molar-refractivity contribution in [2.75, 3.05) is 19.6 Å². The Labute approximate surface area is 105 Å². The molecule has 2 atom stereocenters. The molecule has 1 amide bonds. The van der Waals surface area contributed by atoms with Gasteiger partial charge in [0.2, 0.25) is 5.91 Å². The zero-order chi connectivity index (χ0) is 12.3. The summed E-state index contributed by atoms with van der Waals surface area (Å²) in [5, 5.41) is 13.9. The second-order valence-corrected chi connectivity index (χ2v) is 5.16. The van der Waals surface area contributed by atoms with Gasteiger partial charge in [-0.2, -0.15) is 11.3 Å². The molecule has 0 bridgehead atoms. The van der Waals surface area contributed by atoms with Gasteiger partial charge in [0.25, 0.3) is 0 Å². The van der Waals surface area contributed by atoms with Crippen molar-refractivity contribution in [2.45, 2.75) is 18.9 Å². The van der Waals surface area contributed by atoms with Crippen molar-refractivity contribution in [2.24, 2.45) is 11.7 Å². The van der Waals surface area contributed by atoms with Gasteiger partial charge in [0.15, 0.2) is 0 Å². The smallest absolute Gasteiger partial charge is 0.229 e. The lowest BCUT2D eigenvalue weighted by Crippen LogP contribution is -2.40. The summed E-state index contributed by atoms with van der Waals surface area (Å²) < 4.78 is 0. The zero-order valence-corrected chi connectivity index (χ0v) is 10.5. The highest BCUT2D eigenvalue weighted by atomic mass is 32.1. The molecule has 1 aromatic heterocycles. The third-order valence-corrected chi connectivity index (χ3v) is 3.96. The maximum atomic E-state index is 12.2. The predicted molar refractivity (Wildman–Crippen MR) is 67.6 cm³/mol. The summed E-state index contributed by atoms with van der Waals surface area (Å²) >= 11 is 1.51. The number of thiophene rings is 1. The fraction of sp³-hybridized carbons (Fsp3) is 0.583. The van der Waals surface area contributed by atoms with Crippen molar-refractivity contribution in [1.82, 2.24) is 4.90 Å². The van der Waals surface area contributed by atoms with Gasteiger partial charge in [0.05, 0.1) is 12.0 Å². The lowest BCUT2D eigenvalue weighted by Gasteiger charge is -2.25. The molecular formula is C12H18N2O2S. The Bertz CT molecular complexity index is 361. The molecule has 5 heteroatoms. The molecular weight excluding hydrogens is 236 g/mol. The maximum absolute atomic E-state index is 12.2. The van der Waals surface area contributed by atoms with Crippen LogP contribution in [0.5, 0.6) is 0 Å². The van der Waals surface area contributed by atoms with Gasteiger partial charge in [-0.3, -0.25) is 4.79 Å².